The first kappa shape index (κ1) is 13.3. The lowest BCUT2D eigenvalue weighted by Crippen LogP contribution is -2.61. The fraction of sp³-hybridized carbons (Fsp3) is 0.571. The highest BCUT2D eigenvalue weighted by Gasteiger charge is 2.33. The molecule has 1 aliphatic heterocycles. The van der Waals surface area contributed by atoms with Crippen LogP contribution < -0.4 is 10.2 Å². The van der Waals surface area contributed by atoms with Gasteiger partial charge in [-0.3, -0.25) is 0 Å². The summed E-state index contributed by atoms with van der Waals surface area (Å²) in [5.74, 6) is -1.52. The van der Waals surface area contributed by atoms with Crippen LogP contribution in [0.5, 0.6) is 0 Å². The first-order valence-electron chi connectivity index (χ1n) is 6.40. The van der Waals surface area contributed by atoms with E-state index < -0.39 is 11.6 Å². The van der Waals surface area contributed by atoms with Gasteiger partial charge in [0.15, 0.2) is 11.6 Å². The Labute approximate surface area is 107 Å². The van der Waals surface area contributed by atoms with Crippen LogP contribution in [-0.4, -0.2) is 24.7 Å². The van der Waals surface area contributed by atoms with E-state index >= 15 is 0 Å². The Hall–Kier alpha value is -1.16. The van der Waals surface area contributed by atoms with E-state index in [9.17, 15) is 8.78 Å². The lowest BCUT2D eigenvalue weighted by Gasteiger charge is -2.45. The fourth-order valence-corrected chi connectivity index (χ4v) is 2.48. The summed E-state index contributed by atoms with van der Waals surface area (Å²) in [6.45, 7) is 7.67. The van der Waals surface area contributed by atoms with Gasteiger partial charge in [0.25, 0.3) is 0 Å². The van der Waals surface area contributed by atoms with Gasteiger partial charge in [-0.15, -0.1) is 0 Å². The minimum atomic E-state index is -0.779. The number of hydrogen-bond acceptors (Lipinski definition) is 2. The van der Waals surface area contributed by atoms with Crippen molar-refractivity contribution in [3.05, 3.63) is 29.8 Å². The zero-order valence-corrected chi connectivity index (χ0v) is 11.1. The molecule has 1 fully saturated rings. The van der Waals surface area contributed by atoms with E-state index in [1.54, 1.807) is 12.1 Å². The molecule has 0 aliphatic carbocycles. The van der Waals surface area contributed by atoms with E-state index in [2.05, 4.69) is 26.1 Å². The Morgan fingerprint density at radius 3 is 2.78 bits per heavy atom. The maximum Gasteiger partial charge on any atom is 0.182 e. The van der Waals surface area contributed by atoms with Crippen LogP contribution in [0.3, 0.4) is 0 Å². The summed E-state index contributed by atoms with van der Waals surface area (Å²) < 4.78 is 27.3. The summed E-state index contributed by atoms with van der Waals surface area (Å²) in [5.41, 5.74) is 0.279. The summed E-state index contributed by atoms with van der Waals surface area (Å²) in [5, 5.41) is 3.44. The molecular weight excluding hydrogens is 234 g/mol. The van der Waals surface area contributed by atoms with Crippen LogP contribution in [0.2, 0.25) is 0 Å². The predicted octanol–water partition coefficient (Wildman–Crippen LogP) is 2.93. The number of benzene rings is 1. The molecule has 0 radical (unpaired) electrons. The van der Waals surface area contributed by atoms with Crippen LogP contribution >= 0.6 is 0 Å². The highest BCUT2D eigenvalue weighted by molar-refractivity contribution is 5.50. The van der Waals surface area contributed by atoms with Crippen molar-refractivity contribution in [3.8, 4) is 0 Å². The Bertz CT molecular complexity index is 432. The van der Waals surface area contributed by atoms with E-state index in [-0.39, 0.29) is 11.6 Å². The minimum Gasteiger partial charge on any atom is -0.363 e. The summed E-state index contributed by atoms with van der Waals surface area (Å²) in [7, 11) is 0. The minimum absolute atomic E-state index is 0.0928. The molecule has 1 aliphatic rings. The second kappa shape index (κ2) is 4.84. The van der Waals surface area contributed by atoms with Crippen LogP contribution in [-0.2, 0) is 0 Å². The van der Waals surface area contributed by atoms with Gasteiger partial charge in [0.1, 0.15) is 0 Å². The molecule has 18 heavy (non-hydrogen) atoms. The molecule has 0 amide bonds. The summed E-state index contributed by atoms with van der Waals surface area (Å²) in [6, 6.07) is 4.58. The summed E-state index contributed by atoms with van der Waals surface area (Å²) >= 11 is 0. The molecule has 1 saturated heterocycles. The van der Waals surface area contributed by atoms with E-state index in [0.717, 1.165) is 19.0 Å². The molecule has 4 heteroatoms. The molecule has 0 saturated carbocycles. The molecule has 0 aromatic heterocycles. The lowest BCUT2D eigenvalue weighted by atomic mass is 9.96. The van der Waals surface area contributed by atoms with Gasteiger partial charge in [-0.05, 0) is 32.4 Å². The van der Waals surface area contributed by atoms with Crippen molar-refractivity contribution in [1.29, 1.82) is 0 Å². The second-order valence-corrected chi connectivity index (χ2v) is 5.53. The van der Waals surface area contributed by atoms with Crippen molar-refractivity contribution in [1.82, 2.24) is 5.32 Å². The average Bonchev–Trinajstić information content (AvgIpc) is 2.32. The third kappa shape index (κ3) is 2.48. The Balaban J connectivity index is 2.36. The maximum absolute atomic E-state index is 13.9. The SMILES string of the molecule is CCC1CNC(C)(C)CN1c1cccc(F)c1F. The number of rotatable bonds is 2. The topological polar surface area (TPSA) is 15.3 Å². The largest absolute Gasteiger partial charge is 0.363 e. The van der Waals surface area contributed by atoms with Crippen LogP contribution in [0.25, 0.3) is 0 Å². The van der Waals surface area contributed by atoms with E-state index in [4.69, 9.17) is 0 Å². The Morgan fingerprint density at radius 1 is 1.39 bits per heavy atom. The standard InChI is InChI=1S/C14H20F2N2/c1-4-10-8-17-14(2,3)9-18(10)12-7-5-6-11(15)13(12)16/h5-7,10,17H,4,8-9H2,1-3H3. The zero-order valence-electron chi connectivity index (χ0n) is 11.1. The second-order valence-electron chi connectivity index (χ2n) is 5.53. The fourth-order valence-electron chi connectivity index (χ4n) is 2.48. The molecule has 2 rings (SSSR count). The number of halogens is 2. The normalized spacial score (nSPS) is 23.2. The molecule has 1 unspecified atom stereocenters. The van der Waals surface area contributed by atoms with E-state index in [1.165, 1.54) is 0 Å². The van der Waals surface area contributed by atoms with Gasteiger partial charge in [-0.1, -0.05) is 13.0 Å². The van der Waals surface area contributed by atoms with Crippen molar-refractivity contribution in [2.75, 3.05) is 18.0 Å². The number of nitrogens with one attached hydrogen (secondary N) is 1. The third-order valence-electron chi connectivity index (χ3n) is 3.53. The highest BCUT2D eigenvalue weighted by atomic mass is 19.2. The van der Waals surface area contributed by atoms with Crippen LogP contribution in [0.1, 0.15) is 27.2 Å². The van der Waals surface area contributed by atoms with Gasteiger partial charge in [0, 0.05) is 24.7 Å². The monoisotopic (exact) mass is 254 g/mol. The van der Waals surface area contributed by atoms with Crippen molar-refractivity contribution in [2.45, 2.75) is 38.8 Å². The van der Waals surface area contributed by atoms with Crippen molar-refractivity contribution >= 4 is 5.69 Å². The maximum atomic E-state index is 13.9. The van der Waals surface area contributed by atoms with Gasteiger partial charge < -0.3 is 10.2 Å². The summed E-state index contributed by atoms with van der Waals surface area (Å²) in [4.78, 5) is 1.98. The van der Waals surface area contributed by atoms with Crippen LogP contribution in [0.15, 0.2) is 18.2 Å². The van der Waals surface area contributed by atoms with E-state index in [0.29, 0.717) is 12.2 Å². The van der Waals surface area contributed by atoms with Gasteiger partial charge in [0.2, 0.25) is 0 Å². The smallest absolute Gasteiger partial charge is 0.182 e. The molecule has 100 valence electrons. The molecule has 0 spiro atoms. The molecular formula is C14H20F2N2. The molecule has 2 nitrogen and oxygen atoms in total. The van der Waals surface area contributed by atoms with Crippen molar-refractivity contribution in [3.63, 3.8) is 0 Å². The molecule has 1 aromatic carbocycles. The first-order valence-corrected chi connectivity index (χ1v) is 6.40. The zero-order chi connectivity index (χ0) is 13.3. The number of nitrogens with zero attached hydrogens (tertiary/aromatic N) is 1. The molecule has 1 atom stereocenters. The lowest BCUT2D eigenvalue weighted by molar-refractivity contribution is 0.303. The van der Waals surface area contributed by atoms with Gasteiger partial charge in [-0.2, -0.15) is 0 Å². The number of anilines is 1. The Morgan fingerprint density at radius 2 is 2.11 bits per heavy atom. The van der Waals surface area contributed by atoms with Crippen LogP contribution in [0.4, 0.5) is 14.5 Å². The third-order valence-corrected chi connectivity index (χ3v) is 3.53. The number of hydrogen-bond donors (Lipinski definition) is 1. The van der Waals surface area contributed by atoms with Crippen molar-refractivity contribution in [2.24, 2.45) is 0 Å². The average molecular weight is 254 g/mol. The predicted molar refractivity (Wildman–Crippen MR) is 69.9 cm³/mol. The summed E-state index contributed by atoms with van der Waals surface area (Å²) in [6.07, 6.45) is 0.902. The van der Waals surface area contributed by atoms with Gasteiger partial charge in [0.05, 0.1) is 5.69 Å². The van der Waals surface area contributed by atoms with Crippen LogP contribution in [0, 0.1) is 11.6 Å². The molecule has 0 bridgehead atoms. The Kier molecular flexibility index (Phi) is 3.57. The molecule has 1 heterocycles. The van der Waals surface area contributed by atoms with Crippen molar-refractivity contribution < 1.29 is 8.78 Å². The molecule has 1 N–H and O–H groups in total. The quantitative estimate of drug-likeness (QED) is 0.873. The number of piperazine rings is 1. The van der Waals surface area contributed by atoms with Gasteiger partial charge in [-0.25, -0.2) is 8.78 Å². The first-order chi connectivity index (χ1) is 8.44. The van der Waals surface area contributed by atoms with Gasteiger partial charge >= 0.3 is 0 Å². The highest BCUT2D eigenvalue weighted by Crippen LogP contribution is 2.28. The molecule has 1 aromatic rings. The van der Waals surface area contributed by atoms with E-state index in [1.807, 2.05) is 4.90 Å².